The highest BCUT2D eigenvalue weighted by molar-refractivity contribution is 14.1. The van der Waals surface area contributed by atoms with E-state index < -0.39 is 0 Å². The van der Waals surface area contributed by atoms with Gasteiger partial charge in [-0.05, 0) is 82.6 Å². The number of halogens is 2. The van der Waals surface area contributed by atoms with Crippen molar-refractivity contribution in [2.75, 3.05) is 11.9 Å². The molecule has 1 aromatic heterocycles. The smallest absolute Gasteiger partial charge is 0.262 e. The van der Waals surface area contributed by atoms with E-state index in [9.17, 15) is 4.79 Å². The van der Waals surface area contributed by atoms with Crippen LogP contribution in [-0.2, 0) is 4.79 Å². The summed E-state index contributed by atoms with van der Waals surface area (Å²) in [5, 5.41) is 3.40. The Balaban J connectivity index is 1.43. The standard InChI is InChI=1S/C24H20ClIN2O3/c1-14(2)15-3-7-18(8-4-15)30-13-23(29)27-17-6-10-22-21(12-17)28-24(31-22)19-11-16(26)5-9-20(19)25/h3-12,14H,13H2,1-2H3,(H,27,29). The van der Waals surface area contributed by atoms with E-state index in [1.165, 1.54) is 5.56 Å². The second-order valence-electron chi connectivity index (χ2n) is 7.39. The minimum absolute atomic E-state index is 0.0822. The van der Waals surface area contributed by atoms with Gasteiger partial charge in [0.25, 0.3) is 5.91 Å². The van der Waals surface area contributed by atoms with E-state index in [2.05, 4.69) is 46.7 Å². The largest absolute Gasteiger partial charge is 0.484 e. The zero-order valence-corrected chi connectivity index (χ0v) is 19.9. The molecule has 0 radical (unpaired) electrons. The SMILES string of the molecule is CC(C)c1ccc(OCC(=O)Nc2ccc3oc(-c4cc(I)ccc4Cl)nc3c2)cc1. The summed E-state index contributed by atoms with van der Waals surface area (Å²) in [5.74, 6) is 1.29. The topological polar surface area (TPSA) is 64.4 Å². The number of fused-ring (bicyclic) bond motifs is 1. The van der Waals surface area contributed by atoms with Gasteiger partial charge in [-0.25, -0.2) is 4.98 Å². The van der Waals surface area contributed by atoms with E-state index in [4.69, 9.17) is 20.8 Å². The number of oxazole rings is 1. The Morgan fingerprint density at radius 2 is 1.90 bits per heavy atom. The summed E-state index contributed by atoms with van der Waals surface area (Å²) in [6, 6.07) is 18.7. The van der Waals surface area contributed by atoms with Crippen LogP contribution in [-0.4, -0.2) is 17.5 Å². The molecule has 7 heteroatoms. The number of nitrogens with zero attached hydrogens (tertiary/aromatic N) is 1. The third-order valence-electron chi connectivity index (χ3n) is 4.75. The molecule has 158 valence electrons. The van der Waals surface area contributed by atoms with Gasteiger partial charge in [0.15, 0.2) is 12.2 Å². The zero-order chi connectivity index (χ0) is 22.0. The van der Waals surface area contributed by atoms with Gasteiger partial charge in [0, 0.05) is 9.26 Å². The van der Waals surface area contributed by atoms with Crippen LogP contribution in [0.2, 0.25) is 5.02 Å². The van der Waals surface area contributed by atoms with Gasteiger partial charge < -0.3 is 14.5 Å². The number of carbonyl (C=O) groups is 1. The van der Waals surface area contributed by atoms with E-state index in [0.717, 1.165) is 9.13 Å². The summed E-state index contributed by atoms with van der Waals surface area (Å²) < 4.78 is 12.5. The quantitative estimate of drug-likeness (QED) is 0.267. The maximum atomic E-state index is 12.3. The first-order valence-corrected chi connectivity index (χ1v) is 11.2. The van der Waals surface area contributed by atoms with Crippen LogP contribution in [0.15, 0.2) is 65.1 Å². The monoisotopic (exact) mass is 546 g/mol. The van der Waals surface area contributed by atoms with Crippen molar-refractivity contribution >= 4 is 56.9 Å². The maximum absolute atomic E-state index is 12.3. The first-order chi connectivity index (χ1) is 14.9. The molecule has 31 heavy (non-hydrogen) atoms. The fraction of sp³-hybridized carbons (Fsp3) is 0.167. The number of amides is 1. The summed E-state index contributed by atoms with van der Waals surface area (Å²) >= 11 is 8.51. The van der Waals surface area contributed by atoms with Crippen molar-refractivity contribution in [2.24, 2.45) is 0 Å². The number of rotatable bonds is 6. The van der Waals surface area contributed by atoms with Crippen molar-refractivity contribution in [3.63, 3.8) is 0 Å². The van der Waals surface area contributed by atoms with Crippen LogP contribution in [0.5, 0.6) is 5.75 Å². The van der Waals surface area contributed by atoms with Gasteiger partial charge in [-0.15, -0.1) is 0 Å². The average Bonchev–Trinajstić information content (AvgIpc) is 3.17. The molecule has 0 fully saturated rings. The number of anilines is 1. The molecule has 0 aliphatic heterocycles. The Kier molecular flexibility index (Phi) is 6.48. The lowest BCUT2D eigenvalue weighted by molar-refractivity contribution is -0.118. The Labute approximate surface area is 198 Å². The van der Waals surface area contributed by atoms with Gasteiger partial charge in [0.1, 0.15) is 11.3 Å². The number of carbonyl (C=O) groups excluding carboxylic acids is 1. The summed E-state index contributed by atoms with van der Waals surface area (Å²) in [7, 11) is 0. The third kappa shape index (κ3) is 5.19. The van der Waals surface area contributed by atoms with Gasteiger partial charge >= 0.3 is 0 Å². The van der Waals surface area contributed by atoms with E-state index in [-0.39, 0.29) is 12.5 Å². The molecule has 1 amide bonds. The van der Waals surface area contributed by atoms with Gasteiger partial charge in [-0.1, -0.05) is 37.6 Å². The van der Waals surface area contributed by atoms with E-state index in [1.807, 2.05) is 42.5 Å². The number of aromatic nitrogens is 1. The highest BCUT2D eigenvalue weighted by Gasteiger charge is 2.13. The van der Waals surface area contributed by atoms with Crippen molar-refractivity contribution in [3.05, 3.63) is 74.8 Å². The van der Waals surface area contributed by atoms with Crippen molar-refractivity contribution in [1.82, 2.24) is 4.98 Å². The summed E-state index contributed by atoms with van der Waals surface area (Å²) in [6.07, 6.45) is 0. The summed E-state index contributed by atoms with van der Waals surface area (Å²) in [4.78, 5) is 16.8. The molecule has 0 aliphatic carbocycles. The van der Waals surface area contributed by atoms with Crippen molar-refractivity contribution in [1.29, 1.82) is 0 Å². The minimum atomic E-state index is -0.253. The van der Waals surface area contributed by atoms with Crippen molar-refractivity contribution in [2.45, 2.75) is 19.8 Å². The first-order valence-electron chi connectivity index (χ1n) is 9.77. The van der Waals surface area contributed by atoms with E-state index in [0.29, 0.717) is 39.4 Å². The molecule has 0 saturated heterocycles. The highest BCUT2D eigenvalue weighted by Crippen LogP contribution is 2.32. The molecule has 0 aliphatic rings. The molecule has 1 N–H and O–H groups in total. The van der Waals surface area contributed by atoms with Gasteiger partial charge in [-0.2, -0.15) is 0 Å². The second-order valence-corrected chi connectivity index (χ2v) is 9.04. The molecule has 3 aromatic carbocycles. The van der Waals surface area contributed by atoms with Crippen molar-refractivity contribution in [3.8, 4) is 17.2 Å². The molecular weight excluding hydrogens is 527 g/mol. The van der Waals surface area contributed by atoms with Crippen LogP contribution in [0.1, 0.15) is 25.3 Å². The Bertz CT molecular complexity index is 1240. The predicted octanol–water partition coefficient (Wildman–Crippen LogP) is 6.89. The van der Waals surface area contributed by atoms with Gasteiger partial charge in [-0.3, -0.25) is 4.79 Å². The number of ether oxygens (including phenoxy) is 1. The molecule has 0 spiro atoms. The van der Waals surface area contributed by atoms with Crippen LogP contribution in [0.25, 0.3) is 22.6 Å². The Morgan fingerprint density at radius 3 is 2.65 bits per heavy atom. The maximum Gasteiger partial charge on any atom is 0.262 e. The normalized spacial score (nSPS) is 11.1. The first kappa shape index (κ1) is 21.6. The van der Waals surface area contributed by atoms with E-state index in [1.54, 1.807) is 18.2 Å². The molecule has 1 heterocycles. The minimum Gasteiger partial charge on any atom is -0.484 e. The number of hydrogen-bond donors (Lipinski definition) is 1. The highest BCUT2D eigenvalue weighted by atomic mass is 127. The third-order valence-corrected chi connectivity index (χ3v) is 5.75. The molecule has 0 bridgehead atoms. The molecule has 0 saturated carbocycles. The molecule has 4 rings (SSSR count). The number of benzene rings is 3. The molecule has 5 nitrogen and oxygen atoms in total. The summed E-state index contributed by atoms with van der Waals surface area (Å²) in [5.41, 5.74) is 3.82. The van der Waals surface area contributed by atoms with Crippen LogP contribution >= 0.6 is 34.2 Å². The lowest BCUT2D eigenvalue weighted by Gasteiger charge is -2.09. The molecule has 0 unspecified atom stereocenters. The average molecular weight is 547 g/mol. The van der Waals surface area contributed by atoms with Crippen LogP contribution in [0.4, 0.5) is 5.69 Å². The fourth-order valence-corrected chi connectivity index (χ4v) is 3.77. The number of nitrogens with one attached hydrogen (secondary N) is 1. The summed E-state index contributed by atoms with van der Waals surface area (Å²) in [6.45, 7) is 4.18. The van der Waals surface area contributed by atoms with Crippen LogP contribution < -0.4 is 10.1 Å². The Morgan fingerprint density at radius 1 is 1.13 bits per heavy atom. The second kappa shape index (κ2) is 9.28. The van der Waals surface area contributed by atoms with Gasteiger partial charge in [0.05, 0.1) is 10.6 Å². The number of hydrogen-bond acceptors (Lipinski definition) is 4. The fourth-order valence-electron chi connectivity index (χ4n) is 3.08. The molecular formula is C24H20ClIN2O3. The van der Waals surface area contributed by atoms with Crippen LogP contribution in [0.3, 0.4) is 0 Å². The predicted molar refractivity (Wildman–Crippen MR) is 132 cm³/mol. The lowest BCUT2D eigenvalue weighted by atomic mass is 10.0. The van der Waals surface area contributed by atoms with Gasteiger partial charge in [0.2, 0.25) is 5.89 Å². The lowest BCUT2D eigenvalue weighted by Crippen LogP contribution is -2.20. The van der Waals surface area contributed by atoms with E-state index >= 15 is 0 Å². The zero-order valence-electron chi connectivity index (χ0n) is 17.0. The Hall–Kier alpha value is -2.58. The molecule has 0 atom stereocenters. The molecule has 4 aromatic rings. The van der Waals surface area contributed by atoms with Crippen molar-refractivity contribution < 1.29 is 13.9 Å². The van der Waals surface area contributed by atoms with Crippen LogP contribution in [0, 0.1) is 3.57 Å².